The molecule has 0 fully saturated rings. The molecule has 0 aliphatic carbocycles. The fraction of sp³-hybridized carbons (Fsp3) is 0.143. The minimum Gasteiger partial charge on any atom is -0.348 e. The van der Waals surface area contributed by atoms with Crippen LogP contribution in [0.1, 0.15) is 28.9 Å². The lowest BCUT2D eigenvalue weighted by Gasteiger charge is -2.31. The number of nitrogens with zero attached hydrogens (tertiary/aromatic N) is 3. The minimum atomic E-state index is 0.226. The third kappa shape index (κ3) is 2.70. The molecule has 4 nitrogen and oxygen atoms in total. The van der Waals surface area contributed by atoms with Crippen LogP contribution in [0.5, 0.6) is 0 Å². The maximum Gasteiger partial charge on any atom is 0.222 e. The molecule has 5 heteroatoms. The smallest absolute Gasteiger partial charge is 0.222 e. The third-order valence-corrected chi connectivity index (χ3v) is 5.90. The highest BCUT2D eigenvalue weighted by Gasteiger charge is 2.30. The van der Waals surface area contributed by atoms with Crippen molar-refractivity contribution in [1.29, 1.82) is 0 Å². The second-order valence-electron chi connectivity index (χ2n) is 6.48. The molecule has 0 radical (unpaired) electrons. The first-order valence-corrected chi connectivity index (χ1v) is 9.61. The highest BCUT2D eigenvalue weighted by Crippen LogP contribution is 2.39. The molecule has 0 bridgehead atoms. The van der Waals surface area contributed by atoms with Crippen molar-refractivity contribution in [2.75, 3.05) is 5.32 Å². The van der Waals surface area contributed by atoms with Gasteiger partial charge in [-0.25, -0.2) is 4.68 Å². The van der Waals surface area contributed by atoms with Gasteiger partial charge < -0.3 is 5.32 Å². The van der Waals surface area contributed by atoms with E-state index >= 15 is 0 Å². The van der Waals surface area contributed by atoms with Crippen LogP contribution in [0.15, 0.2) is 78.4 Å². The Balaban J connectivity index is 1.46. The molecule has 3 heterocycles. The summed E-state index contributed by atoms with van der Waals surface area (Å²) in [5.41, 5.74) is 3.76. The van der Waals surface area contributed by atoms with Crippen LogP contribution in [0, 0.1) is 0 Å². The molecule has 1 aliphatic rings. The maximum atomic E-state index is 4.43. The van der Waals surface area contributed by atoms with E-state index in [0.717, 1.165) is 12.4 Å². The van der Waals surface area contributed by atoms with E-state index in [-0.39, 0.29) is 12.1 Å². The van der Waals surface area contributed by atoms with Gasteiger partial charge in [0, 0.05) is 4.88 Å². The maximum absolute atomic E-state index is 4.43. The second-order valence-corrected chi connectivity index (χ2v) is 7.46. The molecule has 2 aromatic heterocycles. The van der Waals surface area contributed by atoms with Crippen LogP contribution in [-0.4, -0.2) is 14.8 Å². The molecule has 2 aromatic carbocycles. The topological polar surface area (TPSA) is 42.7 Å². The number of rotatable bonds is 3. The van der Waals surface area contributed by atoms with Gasteiger partial charge in [-0.1, -0.05) is 60.7 Å². The molecule has 0 saturated carbocycles. The summed E-state index contributed by atoms with van der Waals surface area (Å²) >= 11 is 1.78. The molecule has 0 amide bonds. The van der Waals surface area contributed by atoms with Crippen molar-refractivity contribution < 1.29 is 0 Å². The van der Waals surface area contributed by atoms with Crippen LogP contribution in [0.25, 0.3) is 11.1 Å². The Kier molecular flexibility index (Phi) is 3.79. The van der Waals surface area contributed by atoms with Crippen molar-refractivity contribution in [2.45, 2.75) is 18.5 Å². The zero-order valence-corrected chi connectivity index (χ0v) is 14.9. The van der Waals surface area contributed by atoms with Gasteiger partial charge in [0.15, 0.2) is 0 Å². The van der Waals surface area contributed by atoms with Crippen molar-refractivity contribution in [3.63, 3.8) is 0 Å². The first kappa shape index (κ1) is 15.3. The molecule has 0 spiro atoms. The van der Waals surface area contributed by atoms with Crippen LogP contribution >= 0.6 is 11.3 Å². The minimum absolute atomic E-state index is 0.226. The van der Waals surface area contributed by atoms with Crippen molar-refractivity contribution in [3.8, 4) is 11.1 Å². The number of nitrogens with one attached hydrogen (secondary N) is 1. The van der Waals surface area contributed by atoms with Gasteiger partial charge in [0.1, 0.15) is 6.33 Å². The number of thiophene rings is 1. The van der Waals surface area contributed by atoms with Crippen LogP contribution in [-0.2, 0) is 0 Å². The first-order valence-electron chi connectivity index (χ1n) is 8.73. The Morgan fingerprint density at radius 2 is 1.73 bits per heavy atom. The summed E-state index contributed by atoms with van der Waals surface area (Å²) in [5.74, 6) is 0.840. The molecule has 1 aliphatic heterocycles. The molecule has 2 atom stereocenters. The average Bonchev–Trinajstić information content (AvgIpc) is 3.40. The van der Waals surface area contributed by atoms with Crippen LogP contribution in [0.3, 0.4) is 0 Å². The molecular formula is C21H18N4S. The molecule has 4 aromatic rings. The fourth-order valence-corrected chi connectivity index (χ4v) is 4.42. The van der Waals surface area contributed by atoms with E-state index in [0.29, 0.717) is 0 Å². The van der Waals surface area contributed by atoms with Gasteiger partial charge >= 0.3 is 0 Å². The zero-order chi connectivity index (χ0) is 17.3. The normalized spacial score (nSPS) is 18.9. The molecule has 0 saturated heterocycles. The molecule has 128 valence electrons. The van der Waals surface area contributed by atoms with E-state index in [1.165, 1.54) is 21.6 Å². The van der Waals surface area contributed by atoms with E-state index in [4.69, 9.17) is 0 Å². The van der Waals surface area contributed by atoms with Crippen LogP contribution in [0.2, 0.25) is 0 Å². The monoisotopic (exact) mass is 358 g/mol. The summed E-state index contributed by atoms with van der Waals surface area (Å²) < 4.78 is 2.00. The standard InChI is InChI=1S/C21H18N4S/c1-2-5-15(6-3-1)16-8-10-17(11-9-16)18-13-19(20-7-4-12-26-20)25-21(24-18)22-14-23-25/h1-12,14,18-19H,13H2,(H,22,23,24)/t18-,19-/m0/s1. The lowest BCUT2D eigenvalue weighted by atomic mass is 9.95. The molecule has 26 heavy (non-hydrogen) atoms. The summed E-state index contributed by atoms with van der Waals surface area (Å²) in [6.07, 6.45) is 2.59. The second kappa shape index (κ2) is 6.42. The summed E-state index contributed by atoms with van der Waals surface area (Å²) in [7, 11) is 0. The van der Waals surface area contributed by atoms with Crippen LogP contribution < -0.4 is 5.32 Å². The van der Waals surface area contributed by atoms with Gasteiger partial charge in [0.05, 0.1) is 12.1 Å². The first-order chi connectivity index (χ1) is 12.9. The van der Waals surface area contributed by atoms with Gasteiger partial charge in [-0.2, -0.15) is 10.1 Å². The molecule has 0 unspecified atom stereocenters. The number of fused-ring (bicyclic) bond motifs is 1. The molecule has 5 rings (SSSR count). The average molecular weight is 358 g/mol. The Morgan fingerprint density at radius 1 is 0.923 bits per heavy atom. The SMILES string of the molecule is c1ccc(-c2ccc([C@@H]3C[C@@H](c4cccs4)n4ncnc4N3)cc2)cc1. The molecular weight excluding hydrogens is 340 g/mol. The van der Waals surface area contributed by atoms with Crippen molar-refractivity contribution in [1.82, 2.24) is 14.8 Å². The van der Waals surface area contributed by atoms with Gasteiger partial charge in [-0.05, 0) is 34.6 Å². The highest BCUT2D eigenvalue weighted by molar-refractivity contribution is 7.10. The summed E-state index contributed by atoms with van der Waals surface area (Å²) in [6.45, 7) is 0. The number of benzene rings is 2. The van der Waals surface area contributed by atoms with Crippen molar-refractivity contribution in [2.24, 2.45) is 0 Å². The summed E-state index contributed by atoms with van der Waals surface area (Å²) in [4.78, 5) is 5.73. The quantitative estimate of drug-likeness (QED) is 0.550. The van der Waals surface area contributed by atoms with Gasteiger partial charge in [-0.3, -0.25) is 0 Å². The third-order valence-electron chi connectivity index (χ3n) is 4.92. The van der Waals surface area contributed by atoms with Crippen LogP contribution in [0.4, 0.5) is 5.95 Å². The highest BCUT2D eigenvalue weighted by atomic mass is 32.1. The summed E-state index contributed by atoms with van der Waals surface area (Å²) in [6, 6.07) is 24.1. The van der Waals surface area contributed by atoms with E-state index in [9.17, 15) is 0 Å². The van der Waals surface area contributed by atoms with E-state index in [1.807, 2.05) is 10.7 Å². The lowest BCUT2D eigenvalue weighted by Crippen LogP contribution is -2.27. The zero-order valence-electron chi connectivity index (χ0n) is 14.1. The van der Waals surface area contributed by atoms with Gasteiger partial charge in [0.25, 0.3) is 0 Å². The summed E-state index contributed by atoms with van der Waals surface area (Å²) in [5, 5.41) is 10.1. The Morgan fingerprint density at radius 3 is 2.50 bits per heavy atom. The Hall–Kier alpha value is -2.92. The predicted octanol–water partition coefficient (Wildman–Crippen LogP) is 5.15. The number of anilines is 1. The van der Waals surface area contributed by atoms with E-state index < -0.39 is 0 Å². The van der Waals surface area contributed by atoms with Crippen molar-refractivity contribution >= 4 is 17.3 Å². The molecule has 1 N–H and O–H groups in total. The van der Waals surface area contributed by atoms with Gasteiger partial charge in [0.2, 0.25) is 5.95 Å². The number of hydrogen-bond donors (Lipinski definition) is 1. The number of aromatic nitrogens is 3. The van der Waals surface area contributed by atoms with Gasteiger partial charge in [-0.15, -0.1) is 11.3 Å². The van der Waals surface area contributed by atoms with E-state index in [1.54, 1.807) is 17.7 Å². The Bertz CT molecular complexity index is 990. The fourth-order valence-electron chi connectivity index (χ4n) is 3.59. The number of hydrogen-bond acceptors (Lipinski definition) is 4. The predicted molar refractivity (Wildman–Crippen MR) is 105 cm³/mol. The lowest BCUT2D eigenvalue weighted by molar-refractivity contribution is 0.436. The Labute approximate surface area is 156 Å². The van der Waals surface area contributed by atoms with E-state index in [2.05, 4.69) is 81.4 Å². The largest absolute Gasteiger partial charge is 0.348 e. The van der Waals surface area contributed by atoms with Crippen molar-refractivity contribution in [3.05, 3.63) is 88.9 Å².